The zero-order chi connectivity index (χ0) is 13.8. The quantitative estimate of drug-likeness (QED) is 0.647. The lowest BCUT2D eigenvalue weighted by atomic mass is 10.2. The second-order valence-electron chi connectivity index (χ2n) is 4.20. The summed E-state index contributed by atoms with van der Waals surface area (Å²) in [7, 11) is -2.32. The number of rotatable bonds is 5. The van der Waals surface area contributed by atoms with E-state index in [9.17, 15) is 13.2 Å². The number of carbonyl (C=O) groups excluding carboxylic acids is 1. The minimum absolute atomic E-state index is 0.112. The van der Waals surface area contributed by atoms with E-state index in [-0.39, 0.29) is 38.0 Å². The van der Waals surface area contributed by atoms with Crippen LogP contribution in [0.4, 0.5) is 0 Å². The highest BCUT2D eigenvalue weighted by Crippen LogP contribution is 2.17. The normalized spacial score (nSPS) is 25.9. The minimum Gasteiger partial charge on any atom is -0.469 e. The van der Waals surface area contributed by atoms with Gasteiger partial charge in [0.1, 0.15) is 0 Å². The Balaban J connectivity index is 2.67. The fraction of sp³-hybridized carbons (Fsp3) is 0.900. The van der Waals surface area contributed by atoms with E-state index in [1.807, 2.05) is 0 Å². The Kier molecular flexibility index (Phi) is 5.51. The molecule has 0 amide bonds. The first kappa shape index (κ1) is 15.4. The molecule has 0 aromatic heterocycles. The number of aliphatic hydroxyl groups excluding tert-OH is 1. The number of nitrogens with zero attached hydrogens (tertiary/aromatic N) is 1. The number of hydrogen-bond donors (Lipinski definition) is 1. The molecule has 7 nitrogen and oxygen atoms in total. The molecule has 0 spiro atoms. The number of hydrogen-bond acceptors (Lipinski definition) is 6. The molecule has 0 aromatic rings. The maximum Gasteiger partial charge on any atom is 0.306 e. The molecule has 2 unspecified atom stereocenters. The predicted molar refractivity (Wildman–Crippen MR) is 63.4 cm³/mol. The number of morpholine rings is 1. The Morgan fingerprint density at radius 1 is 1.56 bits per heavy atom. The highest BCUT2D eigenvalue weighted by Gasteiger charge is 2.34. The molecule has 8 heteroatoms. The van der Waals surface area contributed by atoms with Crippen LogP contribution in [0.1, 0.15) is 13.3 Å². The van der Waals surface area contributed by atoms with E-state index in [0.717, 1.165) is 0 Å². The summed E-state index contributed by atoms with van der Waals surface area (Å²) in [6.07, 6.45) is -0.679. The van der Waals surface area contributed by atoms with Gasteiger partial charge in [0.05, 0.1) is 38.6 Å². The van der Waals surface area contributed by atoms with Crippen LogP contribution in [0.25, 0.3) is 0 Å². The Morgan fingerprint density at radius 3 is 2.78 bits per heavy atom. The molecule has 0 saturated carbocycles. The number of methoxy groups -OCH3 is 1. The minimum atomic E-state index is -3.54. The second kappa shape index (κ2) is 6.46. The molecule has 1 fully saturated rings. The van der Waals surface area contributed by atoms with Gasteiger partial charge in [0.15, 0.2) is 0 Å². The van der Waals surface area contributed by atoms with Gasteiger partial charge in [-0.3, -0.25) is 4.79 Å². The molecule has 1 saturated heterocycles. The van der Waals surface area contributed by atoms with Crippen molar-refractivity contribution in [2.24, 2.45) is 0 Å². The van der Waals surface area contributed by atoms with Gasteiger partial charge in [-0.1, -0.05) is 0 Å². The van der Waals surface area contributed by atoms with Gasteiger partial charge in [-0.2, -0.15) is 4.31 Å². The lowest BCUT2D eigenvalue weighted by Crippen LogP contribution is -2.52. The van der Waals surface area contributed by atoms with E-state index in [1.54, 1.807) is 6.92 Å². The van der Waals surface area contributed by atoms with E-state index in [0.29, 0.717) is 0 Å². The molecule has 0 bridgehead atoms. The summed E-state index contributed by atoms with van der Waals surface area (Å²) in [5.74, 6) is -0.847. The number of esters is 1. The average Bonchev–Trinajstić information content (AvgIpc) is 2.36. The van der Waals surface area contributed by atoms with Crippen LogP contribution in [-0.2, 0) is 24.3 Å². The monoisotopic (exact) mass is 281 g/mol. The second-order valence-corrected chi connectivity index (χ2v) is 6.24. The van der Waals surface area contributed by atoms with Gasteiger partial charge in [-0.15, -0.1) is 0 Å². The molecule has 2 atom stereocenters. The third-order valence-electron chi connectivity index (χ3n) is 2.80. The number of carbonyl (C=O) groups is 1. The van der Waals surface area contributed by atoms with Crippen molar-refractivity contribution < 1.29 is 27.8 Å². The molecule has 1 aliphatic heterocycles. The van der Waals surface area contributed by atoms with Gasteiger partial charge < -0.3 is 14.6 Å². The van der Waals surface area contributed by atoms with Crippen molar-refractivity contribution in [1.82, 2.24) is 4.31 Å². The summed E-state index contributed by atoms with van der Waals surface area (Å²) < 4.78 is 35.1. The van der Waals surface area contributed by atoms with Gasteiger partial charge in [0.2, 0.25) is 10.0 Å². The standard InChI is InChI=1S/C10H19NO6S/c1-8-7-17-9(6-12)5-11(8)18(14,15)4-3-10(13)16-2/h8-9,12H,3-7H2,1-2H3. The van der Waals surface area contributed by atoms with Crippen LogP contribution in [0.15, 0.2) is 0 Å². The van der Waals surface area contributed by atoms with Gasteiger partial charge >= 0.3 is 5.97 Å². The average molecular weight is 281 g/mol. The molecule has 0 radical (unpaired) electrons. The van der Waals surface area contributed by atoms with Gasteiger partial charge in [-0.05, 0) is 6.92 Å². The van der Waals surface area contributed by atoms with E-state index in [2.05, 4.69) is 4.74 Å². The van der Waals surface area contributed by atoms with E-state index in [4.69, 9.17) is 9.84 Å². The summed E-state index contributed by atoms with van der Waals surface area (Å²) in [6, 6.07) is -0.296. The molecule has 106 valence electrons. The van der Waals surface area contributed by atoms with Crippen molar-refractivity contribution in [3.63, 3.8) is 0 Å². The zero-order valence-electron chi connectivity index (χ0n) is 10.5. The highest BCUT2D eigenvalue weighted by molar-refractivity contribution is 7.89. The van der Waals surface area contributed by atoms with Crippen molar-refractivity contribution in [2.75, 3.05) is 32.6 Å². The van der Waals surface area contributed by atoms with Crippen LogP contribution >= 0.6 is 0 Å². The van der Waals surface area contributed by atoms with Crippen molar-refractivity contribution in [3.8, 4) is 0 Å². The summed E-state index contributed by atoms with van der Waals surface area (Å²) in [5.41, 5.74) is 0. The van der Waals surface area contributed by atoms with Crippen molar-refractivity contribution >= 4 is 16.0 Å². The summed E-state index contributed by atoms with van der Waals surface area (Å²) >= 11 is 0. The van der Waals surface area contributed by atoms with Crippen molar-refractivity contribution in [3.05, 3.63) is 0 Å². The van der Waals surface area contributed by atoms with Gasteiger partial charge in [-0.25, -0.2) is 8.42 Å². The first-order valence-electron chi connectivity index (χ1n) is 5.69. The molecule has 1 rings (SSSR count). The molecule has 18 heavy (non-hydrogen) atoms. The summed E-state index contributed by atoms with van der Waals surface area (Å²) in [4.78, 5) is 11.0. The predicted octanol–water partition coefficient (Wildman–Crippen LogP) is -1.04. The lowest BCUT2D eigenvalue weighted by Gasteiger charge is -2.36. The van der Waals surface area contributed by atoms with E-state index in [1.165, 1.54) is 11.4 Å². The highest BCUT2D eigenvalue weighted by atomic mass is 32.2. The molecule has 1 aliphatic rings. The van der Waals surface area contributed by atoms with Gasteiger partial charge in [0, 0.05) is 12.6 Å². The van der Waals surface area contributed by atoms with Crippen LogP contribution in [0.5, 0.6) is 0 Å². The Morgan fingerprint density at radius 2 is 2.22 bits per heavy atom. The SMILES string of the molecule is COC(=O)CCS(=O)(=O)N1CC(CO)OCC1C. The fourth-order valence-electron chi connectivity index (χ4n) is 1.72. The zero-order valence-corrected chi connectivity index (χ0v) is 11.4. The molecule has 1 heterocycles. The third kappa shape index (κ3) is 3.91. The van der Waals surface area contributed by atoms with Gasteiger partial charge in [0.25, 0.3) is 0 Å². The van der Waals surface area contributed by atoms with Crippen LogP contribution in [0, 0.1) is 0 Å². The van der Waals surface area contributed by atoms with Crippen molar-refractivity contribution in [2.45, 2.75) is 25.5 Å². The van der Waals surface area contributed by atoms with Crippen LogP contribution in [0.3, 0.4) is 0 Å². The first-order valence-corrected chi connectivity index (χ1v) is 7.30. The maximum atomic E-state index is 12.1. The Hall–Kier alpha value is -0.700. The fourth-order valence-corrected chi connectivity index (χ4v) is 3.38. The Labute approximate surface area is 107 Å². The molecular weight excluding hydrogens is 262 g/mol. The van der Waals surface area contributed by atoms with Crippen molar-refractivity contribution in [1.29, 1.82) is 0 Å². The molecule has 0 aliphatic carbocycles. The number of ether oxygens (including phenoxy) is 2. The van der Waals surface area contributed by atoms with Crippen LogP contribution in [-0.4, -0.2) is 68.6 Å². The topological polar surface area (TPSA) is 93.1 Å². The maximum absolute atomic E-state index is 12.1. The Bertz CT molecular complexity index is 382. The molecule has 1 N–H and O–H groups in total. The molecule has 0 aromatic carbocycles. The van der Waals surface area contributed by atoms with Crippen LogP contribution < -0.4 is 0 Å². The molecular formula is C10H19NO6S. The largest absolute Gasteiger partial charge is 0.469 e. The lowest BCUT2D eigenvalue weighted by molar-refractivity contribution is -0.140. The third-order valence-corrected chi connectivity index (χ3v) is 4.74. The smallest absolute Gasteiger partial charge is 0.306 e. The first-order chi connectivity index (χ1) is 8.40. The van der Waals surface area contributed by atoms with Crippen LogP contribution in [0.2, 0.25) is 0 Å². The number of aliphatic hydroxyl groups is 1. The summed E-state index contributed by atoms with van der Waals surface area (Å²) in [5, 5.41) is 9.00. The van der Waals surface area contributed by atoms with E-state index >= 15 is 0 Å². The number of sulfonamides is 1. The summed E-state index contributed by atoms with van der Waals surface area (Å²) in [6.45, 7) is 1.85. The van der Waals surface area contributed by atoms with E-state index < -0.39 is 22.1 Å².